The lowest BCUT2D eigenvalue weighted by Crippen LogP contribution is -2.15. The Morgan fingerprint density at radius 2 is 1.81 bits per heavy atom. The van der Waals surface area contributed by atoms with E-state index in [9.17, 15) is 4.79 Å². The van der Waals surface area contributed by atoms with Gasteiger partial charge in [-0.15, -0.1) is 0 Å². The predicted octanol–water partition coefficient (Wildman–Crippen LogP) is 3.00. The molecule has 5 heteroatoms. The number of aliphatic carboxylic acids is 1. The van der Waals surface area contributed by atoms with E-state index in [0.717, 1.165) is 18.4 Å². The summed E-state index contributed by atoms with van der Waals surface area (Å²) in [6.45, 7) is 3.87. The monoisotopic (exact) mass is 294 g/mol. The van der Waals surface area contributed by atoms with Gasteiger partial charge in [-0.05, 0) is 32.8 Å². The molecule has 0 atom stereocenters. The summed E-state index contributed by atoms with van der Waals surface area (Å²) in [6, 6.07) is 3.64. The average Bonchev–Trinajstić information content (AvgIpc) is 3.17. The third-order valence-corrected chi connectivity index (χ3v) is 3.76. The van der Waals surface area contributed by atoms with Gasteiger partial charge in [-0.25, -0.2) is 0 Å². The van der Waals surface area contributed by atoms with Crippen molar-refractivity contribution in [3.63, 3.8) is 0 Å². The smallest absolute Gasteiger partial charge is 0.304 e. The van der Waals surface area contributed by atoms with Crippen LogP contribution in [-0.2, 0) is 10.2 Å². The molecule has 0 saturated heterocycles. The molecule has 2 rings (SSSR count). The second kappa shape index (κ2) is 5.84. The number of hydrogen-bond donors (Lipinski definition) is 1. The van der Waals surface area contributed by atoms with Crippen molar-refractivity contribution in [3.05, 3.63) is 17.7 Å². The van der Waals surface area contributed by atoms with Gasteiger partial charge in [0.25, 0.3) is 0 Å². The molecule has 0 radical (unpaired) electrons. The van der Waals surface area contributed by atoms with Crippen LogP contribution in [0.15, 0.2) is 12.1 Å². The van der Waals surface area contributed by atoms with Gasteiger partial charge in [-0.3, -0.25) is 4.79 Å². The number of rotatable bonds is 7. The number of hydrogen-bond acceptors (Lipinski definition) is 4. The molecule has 0 aromatic heterocycles. The lowest BCUT2D eigenvalue weighted by Gasteiger charge is -2.21. The molecule has 1 N–H and O–H groups in total. The van der Waals surface area contributed by atoms with E-state index in [2.05, 4.69) is 0 Å². The Bertz CT molecular complexity index is 532. The van der Waals surface area contributed by atoms with Crippen LogP contribution in [0.25, 0.3) is 0 Å². The van der Waals surface area contributed by atoms with Crippen molar-refractivity contribution in [2.75, 3.05) is 14.2 Å². The fourth-order valence-corrected chi connectivity index (χ4v) is 2.61. The zero-order valence-corrected chi connectivity index (χ0v) is 12.9. The third-order valence-electron chi connectivity index (χ3n) is 3.76. The van der Waals surface area contributed by atoms with Crippen LogP contribution in [0, 0.1) is 0 Å². The first-order chi connectivity index (χ1) is 9.91. The number of carboxylic acid groups (broad SMARTS) is 1. The minimum atomic E-state index is -0.795. The Balaban J connectivity index is 2.44. The van der Waals surface area contributed by atoms with E-state index in [1.165, 1.54) is 0 Å². The Morgan fingerprint density at radius 3 is 2.24 bits per heavy atom. The van der Waals surface area contributed by atoms with Gasteiger partial charge < -0.3 is 19.3 Å². The van der Waals surface area contributed by atoms with Gasteiger partial charge in [0.2, 0.25) is 0 Å². The van der Waals surface area contributed by atoms with E-state index < -0.39 is 5.97 Å². The van der Waals surface area contributed by atoms with Crippen LogP contribution >= 0.6 is 0 Å². The topological polar surface area (TPSA) is 65.0 Å². The lowest BCUT2D eigenvalue weighted by molar-refractivity contribution is -0.137. The maximum atomic E-state index is 11.1. The number of methoxy groups -OCH3 is 2. The molecule has 1 aliphatic carbocycles. The fourth-order valence-electron chi connectivity index (χ4n) is 2.61. The molecule has 5 nitrogen and oxygen atoms in total. The van der Waals surface area contributed by atoms with Crippen LogP contribution in [0.2, 0.25) is 0 Å². The highest BCUT2D eigenvalue weighted by Gasteiger charge is 2.48. The highest BCUT2D eigenvalue weighted by Crippen LogP contribution is 2.55. The van der Waals surface area contributed by atoms with Gasteiger partial charge in [0, 0.05) is 17.0 Å². The molecule has 1 aliphatic rings. The SMILES string of the molecule is COc1cc(C2(CC(=O)O)CC2)c(OC)cc1OC(C)C. The number of benzene rings is 1. The lowest BCUT2D eigenvalue weighted by atomic mass is 9.91. The molecule has 0 spiro atoms. The highest BCUT2D eigenvalue weighted by molar-refractivity contribution is 5.71. The van der Waals surface area contributed by atoms with E-state index >= 15 is 0 Å². The van der Waals surface area contributed by atoms with Crippen molar-refractivity contribution in [1.82, 2.24) is 0 Å². The molecule has 116 valence electrons. The van der Waals surface area contributed by atoms with Crippen molar-refractivity contribution in [2.24, 2.45) is 0 Å². The summed E-state index contributed by atoms with van der Waals surface area (Å²) in [5.74, 6) is 1.08. The first kappa shape index (κ1) is 15.5. The quantitative estimate of drug-likeness (QED) is 0.837. The Morgan fingerprint density at radius 1 is 1.19 bits per heavy atom. The molecule has 1 aromatic rings. The molecule has 0 heterocycles. The number of ether oxygens (including phenoxy) is 3. The van der Waals surface area contributed by atoms with Crippen LogP contribution in [0.4, 0.5) is 0 Å². The average molecular weight is 294 g/mol. The van der Waals surface area contributed by atoms with Crippen molar-refractivity contribution in [1.29, 1.82) is 0 Å². The minimum absolute atomic E-state index is 0.0170. The van der Waals surface area contributed by atoms with E-state index in [1.807, 2.05) is 19.9 Å². The molecule has 0 aliphatic heterocycles. The summed E-state index contributed by atoms with van der Waals surface area (Å²) in [6.07, 6.45) is 1.83. The normalized spacial score (nSPS) is 15.7. The van der Waals surface area contributed by atoms with Crippen LogP contribution in [0.5, 0.6) is 17.2 Å². The van der Waals surface area contributed by atoms with Crippen LogP contribution < -0.4 is 14.2 Å². The molecule has 0 unspecified atom stereocenters. The van der Waals surface area contributed by atoms with Crippen molar-refractivity contribution in [3.8, 4) is 17.2 Å². The Labute approximate surface area is 124 Å². The van der Waals surface area contributed by atoms with Crippen LogP contribution in [0.1, 0.15) is 38.7 Å². The molecular formula is C16H22O5. The minimum Gasteiger partial charge on any atom is -0.496 e. The second-order valence-electron chi connectivity index (χ2n) is 5.72. The van der Waals surface area contributed by atoms with Gasteiger partial charge in [-0.1, -0.05) is 0 Å². The summed E-state index contributed by atoms with van der Waals surface area (Å²) in [5.41, 5.74) is 0.557. The van der Waals surface area contributed by atoms with E-state index in [0.29, 0.717) is 17.2 Å². The van der Waals surface area contributed by atoms with Crippen LogP contribution in [0.3, 0.4) is 0 Å². The standard InChI is InChI=1S/C16H22O5/c1-10(2)21-14-8-12(19-3)11(7-13(14)20-4)16(5-6-16)9-15(17)18/h7-8,10H,5-6,9H2,1-4H3,(H,17,18). The van der Waals surface area contributed by atoms with Gasteiger partial charge in [0.15, 0.2) is 11.5 Å². The van der Waals surface area contributed by atoms with E-state index in [1.54, 1.807) is 20.3 Å². The predicted molar refractivity (Wildman–Crippen MR) is 78.5 cm³/mol. The molecule has 0 amide bonds. The zero-order chi connectivity index (χ0) is 15.6. The summed E-state index contributed by atoms with van der Waals surface area (Å²) in [7, 11) is 3.16. The Hall–Kier alpha value is -1.91. The van der Waals surface area contributed by atoms with E-state index in [4.69, 9.17) is 19.3 Å². The molecule has 21 heavy (non-hydrogen) atoms. The van der Waals surface area contributed by atoms with Gasteiger partial charge >= 0.3 is 5.97 Å². The highest BCUT2D eigenvalue weighted by atomic mass is 16.5. The van der Waals surface area contributed by atoms with Crippen LogP contribution in [-0.4, -0.2) is 31.4 Å². The largest absolute Gasteiger partial charge is 0.496 e. The number of carboxylic acids is 1. The van der Waals surface area contributed by atoms with Crippen molar-refractivity contribution < 1.29 is 24.1 Å². The third kappa shape index (κ3) is 3.23. The Kier molecular flexibility index (Phi) is 4.30. The first-order valence-corrected chi connectivity index (χ1v) is 7.07. The summed E-state index contributed by atoms with van der Waals surface area (Å²) in [5, 5.41) is 9.12. The number of carbonyl (C=O) groups is 1. The van der Waals surface area contributed by atoms with Gasteiger partial charge in [-0.2, -0.15) is 0 Å². The van der Waals surface area contributed by atoms with Crippen molar-refractivity contribution >= 4 is 5.97 Å². The van der Waals surface area contributed by atoms with Gasteiger partial charge in [0.1, 0.15) is 5.75 Å². The molecule has 1 aromatic carbocycles. The summed E-state index contributed by atoms with van der Waals surface area (Å²) in [4.78, 5) is 11.1. The van der Waals surface area contributed by atoms with E-state index in [-0.39, 0.29) is 17.9 Å². The second-order valence-corrected chi connectivity index (χ2v) is 5.72. The maximum Gasteiger partial charge on any atom is 0.304 e. The molecule has 1 fully saturated rings. The molecular weight excluding hydrogens is 272 g/mol. The summed E-state index contributed by atoms with van der Waals surface area (Å²) >= 11 is 0. The first-order valence-electron chi connectivity index (χ1n) is 7.07. The van der Waals surface area contributed by atoms with Crippen molar-refractivity contribution in [2.45, 2.75) is 44.6 Å². The fraction of sp³-hybridized carbons (Fsp3) is 0.562. The molecule has 1 saturated carbocycles. The van der Waals surface area contributed by atoms with Gasteiger partial charge in [0.05, 0.1) is 26.7 Å². The maximum absolute atomic E-state index is 11.1. The summed E-state index contributed by atoms with van der Waals surface area (Å²) < 4.78 is 16.6. The molecule has 0 bridgehead atoms. The zero-order valence-electron chi connectivity index (χ0n) is 12.9.